The van der Waals surface area contributed by atoms with Crippen molar-refractivity contribution in [3.63, 3.8) is 0 Å². The molecule has 0 saturated heterocycles. The van der Waals surface area contributed by atoms with Crippen molar-refractivity contribution in [1.29, 1.82) is 0 Å². The second-order valence-corrected chi connectivity index (χ2v) is 4.50. The highest BCUT2D eigenvalue weighted by Gasteiger charge is 2.21. The molecule has 0 amide bonds. The lowest BCUT2D eigenvalue weighted by Gasteiger charge is -2.14. The minimum atomic E-state index is -0.893. The van der Waals surface area contributed by atoms with Crippen LogP contribution in [0.4, 0.5) is 0 Å². The molecule has 0 fully saturated rings. The van der Waals surface area contributed by atoms with Crippen LogP contribution in [-0.4, -0.2) is 19.3 Å². The van der Waals surface area contributed by atoms with Gasteiger partial charge in [0.2, 0.25) is 0 Å². The fourth-order valence-electron chi connectivity index (χ4n) is 1.69. The number of ether oxygens (including phenoxy) is 2. The number of aliphatic hydroxyl groups is 1. The van der Waals surface area contributed by atoms with Crippen molar-refractivity contribution in [3.8, 4) is 11.5 Å². The number of benzene rings is 1. The van der Waals surface area contributed by atoms with Gasteiger partial charge in [-0.25, -0.2) is 0 Å². The zero-order valence-electron chi connectivity index (χ0n) is 10.0. The van der Waals surface area contributed by atoms with E-state index in [0.717, 1.165) is 0 Å². The third kappa shape index (κ3) is 2.37. The first kappa shape index (κ1) is 13.0. The summed E-state index contributed by atoms with van der Waals surface area (Å²) in [4.78, 5) is 0. The molecule has 1 N–H and O–H groups in total. The van der Waals surface area contributed by atoms with Crippen LogP contribution in [0.2, 0.25) is 0 Å². The Bertz CT molecular complexity index is 536. The highest BCUT2D eigenvalue weighted by Crippen LogP contribution is 2.35. The van der Waals surface area contributed by atoms with E-state index in [0.29, 0.717) is 27.3 Å². The van der Waals surface area contributed by atoms with Crippen molar-refractivity contribution >= 4 is 15.9 Å². The summed E-state index contributed by atoms with van der Waals surface area (Å²) in [5.41, 5.74) is 0.619. The minimum absolute atomic E-state index is 0.443. The van der Waals surface area contributed by atoms with Gasteiger partial charge in [-0.15, -0.1) is 0 Å². The van der Waals surface area contributed by atoms with Gasteiger partial charge >= 0.3 is 0 Å². The maximum Gasteiger partial charge on any atom is 0.151 e. The number of hydrogen-bond acceptors (Lipinski definition) is 4. The van der Waals surface area contributed by atoms with E-state index in [9.17, 15) is 5.11 Å². The van der Waals surface area contributed by atoms with E-state index in [1.165, 1.54) is 6.26 Å². The molecule has 1 atom stereocenters. The van der Waals surface area contributed by atoms with E-state index >= 15 is 0 Å². The van der Waals surface area contributed by atoms with Crippen molar-refractivity contribution in [3.05, 3.63) is 46.3 Å². The van der Waals surface area contributed by atoms with Crippen LogP contribution in [0.15, 0.2) is 39.4 Å². The van der Waals surface area contributed by atoms with Crippen molar-refractivity contribution in [2.75, 3.05) is 14.2 Å². The topological polar surface area (TPSA) is 51.8 Å². The summed E-state index contributed by atoms with van der Waals surface area (Å²) in [5.74, 6) is 1.66. The van der Waals surface area contributed by atoms with Crippen molar-refractivity contribution < 1.29 is 19.0 Å². The number of hydrogen-bond donors (Lipinski definition) is 1. The van der Waals surface area contributed by atoms with E-state index in [2.05, 4.69) is 15.9 Å². The Balaban J connectivity index is 2.41. The molecule has 2 rings (SSSR count). The number of halogens is 1. The van der Waals surface area contributed by atoms with Crippen LogP contribution in [0.25, 0.3) is 0 Å². The summed E-state index contributed by atoms with van der Waals surface area (Å²) in [6.45, 7) is 0. The lowest BCUT2D eigenvalue weighted by atomic mass is 10.1. The number of furan rings is 1. The summed E-state index contributed by atoms with van der Waals surface area (Å²) in [5, 5.41) is 10.3. The van der Waals surface area contributed by atoms with Gasteiger partial charge in [-0.2, -0.15) is 0 Å². The molecule has 1 heterocycles. The van der Waals surface area contributed by atoms with E-state index in [-0.39, 0.29) is 0 Å². The molecule has 1 aromatic heterocycles. The van der Waals surface area contributed by atoms with Crippen LogP contribution in [0, 0.1) is 0 Å². The van der Waals surface area contributed by atoms with E-state index in [1.54, 1.807) is 38.5 Å². The Labute approximate surface area is 113 Å². The minimum Gasteiger partial charge on any atom is -0.497 e. The molecule has 0 aliphatic heterocycles. The van der Waals surface area contributed by atoms with Crippen LogP contribution in [0.5, 0.6) is 11.5 Å². The van der Waals surface area contributed by atoms with Crippen LogP contribution < -0.4 is 9.47 Å². The summed E-state index contributed by atoms with van der Waals surface area (Å²) in [6, 6.07) is 6.96. The molecule has 18 heavy (non-hydrogen) atoms. The van der Waals surface area contributed by atoms with Crippen molar-refractivity contribution in [2.24, 2.45) is 0 Å². The van der Waals surface area contributed by atoms with Crippen LogP contribution in [0.1, 0.15) is 17.4 Å². The van der Waals surface area contributed by atoms with Gasteiger partial charge < -0.3 is 19.0 Å². The predicted molar refractivity (Wildman–Crippen MR) is 70.0 cm³/mol. The summed E-state index contributed by atoms with van der Waals surface area (Å²) < 4.78 is 16.3. The van der Waals surface area contributed by atoms with Gasteiger partial charge in [0.05, 0.1) is 25.0 Å². The Morgan fingerprint density at radius 3 is 2.56 bits per heavy atom. The Kier molecular flexibility index (Phi) is 3.93. The SMILES string of the molecule is COc1ccc(C(O)c2occc2Br)c(OC)c1. The fourth-order valence-corrected chi connectivity index (χ4v) is 2.10. The fraction of sp³-hybridized carbons (Fsp3) is 0.231. The number of aliphatic hydroxyl groups excluding tert-OH is 1. The molecule has 5 heteroatoms. The zero-order valence-corrected chi connectivity index (χ0v) is 11.6. The first-order valence-corrected chi connectivity index (χ1v) is 6.09. The summed E-state index contributed by atoms with van der Waals surface area (Å²) in [6.07, 6.45) is 0.619. The third-order valence-electron chi connectivity index (χ3n) is 2.63. The Morgan fingerprint density at radius 1 is 1.22 bits per heavy atom. The van der Waals surface area contributed by atoms with Gasteiger partial charge in [-0.1, -0.05) is 0 Å². The second-order valence-electron chi connectivity index (χ2n) is 3.64. The smallest absolute Gasteiger partial charge is 0.151 e. The van der Waals surface area contributed by atoms with E-state index in [4.69, 9.17) is 13.9 Å². The molecular weight excluding hydrogens is 300 g/mol. The first-order valence-electron chi connectivity index (χ1n) is 5.30. The second kappa shape index (κ2) is 5.46. The van der Waals surface area contributed by atoms with Gasteiger partial charge in [0.15, 0.2) is 5.76 Å². The third-order valence-corrected chi connectivity index (χ3v) is 3.28. The Hall–Kier alpha value is -1.46. The summed E-state index contributed by atoms with van der Waals surface area (Å²) in [7, 11) is 3.12. The van der Waals surface area contributed by atoms with E-state index < -0.39 is 6.10 Å². The van der Waals surface area contributed by atoms with Crippen molar-refractivity contribution in [2.45, 2.75) is 6.10 Å². The largest absolute Gasteiger partial charge is 0.497 e. The predicted octanol–water partition coefficient (Wildman–Crippen LogP) is 3.14. The molecule has 1 unspecified atom stereocenters. The zero-order chi connectivity index (χ0) is 13.1. The molecular formula is C13H13BrO4. The molecule has 0 saturated carbocycles. The van der Waals surface area contributed by atoms with Crippen LogP contribution >= 0.6 is 15.9 Å². The van der Waals surface area contributed by atoms with Gasteiger partial charge in [0, 0.05) is 11.6 Å². The highest BCUT2D eigenvalue weighted by molar-refractivity contribution is 9.10. The molecule has 4 nitrogen and oxygen atoms in total. The maximum atomic E-state index is 10.3. The van der Waals surface area contributed by atoms with Gasteiger partial charge in [-0.3, -0.25) is 0 Å². The molecule has 96 valence electrons. The van der Waals surface area contributed by atoms with Gasteiger partial charge in [-0.05, 0) is 34.1 Å². The van der Waals surface area contributed by atoms with Crippen LogP contribution in [0.3, 0.4) is 0 Å². The highest BCUT2D eigenvalue weighted by atomic mass is 79.9. The molecule has 0 aliphatic carbocycles. The number of methoxy groups -OCH3 is 2. The number of rotatable bonds is 4. The normalized spacial score (nSPS) is 12.2. The van der Waals surface area contributed by atoms with Crippen molar-refractivity contribution in [1.82, 2.24) is 0 Å². The van der Waals surface area contributed by atoms with E-state index in [1.807, 2.05) is 0 Å². The van der Waals surface area contributed by atoms with Gasteiger partial charge in [0.25, 0.3) is 0 Å². The standard InChI is InChI=1S/C13H13BrO4/c1-16-8-3-4-9(11(7-8)17-2)12(15)13-10(14)5-6-18-13/h3-7,12,15H,1-2H3. The first-order chi connectivity index (χ1) is 8.67. The lowest BCUT2D eigenvalue weighted by Crippen LogP contribution is -2.02. The average Bonchev–Trinajstić information content (AvgIpc) is 2.83. The molecule has 0 aliphatic rings. The molecule has 1 aromatic carbocycles. The Morgan fingerprint density at radius 2 is 2.00 bits per heavy atom. The van der Waals surface area contributed by atoms with Crippen LogP contribution in [-0.2, 0) is 0 Å². The average molecular weight is 313 g/mol. The maximum absolute atomic E-state index is 10.3. The quantitative estimate of drug-likeness (QED) is 0.942. The molecule has 2 aromatic rings. The molecule has 0 bridgehead atoms. The molecule has 0 radical (unpaired) electrons. The monoisotopic (exact) mass is 312 g/mol. The lowest BCUT2D eigenvalue weighted by molar-refractivity contribution is 0.184. The molecule has 0 spiro atoms. The van der Waals surface area contributed by atoms with Gasteiger partial charge in [0.1, 0.15) is 17.6 Å². The summed E-state index contributed by atoms with van der Waals surface area (Å²) >= 11 is 3.32.